The molecule has 0 saturated carbocycles. The van der Waals surface area contributed by atoms with Gasteiger partial charge in [-0.25, -0.2) is 9.78 Å². The summed E-state index contributed by atoms with van der Waals surface area (Å²) >= 11 is 3.37. The summed E-state index contributed by atoms with van der Waals surface area (Å²) in [5.74, 6) is 0.484. The molecule has 2 heterocycles. The summed E-state index contributed by atoms with van der Waals surface area (Å²) in [5, 5.41) is 3.45. The van der Waals surface area contributed by atoms with E-state index in [-0.39, 0.29) is 6.09 Å². The van der Waals surface area contributed by atoms with Crippen LogP contribution in [0.1, 0.15) is 32.8 Å². The molecule has 1 aromatic heterocycles. The first-order chi connectivity index (χ1) is 10.3. The lowest BCUT2D eigenvalue weighted by molar-refractivity contribution is 0.0288. The number of rotatable bonds is 4. The van der Waals surface area contributed by atoms with Crippen LogP contribution in [0.25, 0.3) is 0 Å². The lowest BCUT2D eigenvalue weighted by Crippen LogP contribution is -2.36. The van der Waals surface area contributed by atoms with Crippen molar-refractivity contribution >= 4 is 22.0 Å². The van der Waals surface area contributed by atoms with Gasteiger partial charge in [-0.1, -0.05) is 0 Å². The minimum absolute atomic E-state index is 0.201. The largest absolute Gasteiger partial charge is 0.444 e. The molecule has 1 atom stereocenters. The Balaban J connectivity index is 1.71. The molecule has 0 aromatic carbocycles. The van der Waals surface area contributed by atoms with Gasteiger partial charge in [0.05, 0.1) is 0 Å². The lowest BCUT2D eigenvalue weighted by Gasteiger charge is -2.24. The van der Waals surface area contributed by atoms with E-state index in [1.54, 1.807) is 11.1 Å². The lowest BCUT2D eigenvalue weighted by atomic mass is 10.1. The van der Waals surface area contributed by atoms with Gasteiger partial charge in [-0.15, -0.1) is 0 Å². The van der Waals surface area contributed by atoms with Gasteiger partial charge in [0.2, 0.25) is 0 Å². The molecule has 1 aromatic rings. The molecule has 2 rings (SSSR count). The van der Waals surface area contributed by atoms with Crippen LogP contribution < -0.4 is 5.32 Å². The number of ether oxygens (including phenoxy) is 1. The van der Waals surface area contributed by atoms with Crippen LogP contribution in [0.15, 0.2) is 22.9 Å². The highest BCUT2D eigenvalue weighted by atomic mass is 79.9. The Hall–Kier alpha value is -1.14. The first-order valence-electron chi connectivity index (χ1n) is 7.62. The van der Waals surface area contributed by atoms with Gasteiger partial charge in [0.15, 0.2) is 0 Å². The van der Waals surface area contributed by atoms with Crippen LogP contribution in [0, 0.1) is 5.92 Å². The van der Waals surface area contributed by atoms with Crippen molar-refractivity contribution in [3.8, 4) is 0 Å². The Kier molecular flexibility index (Phi) is 5.81. The zero-order chi connectivity index (χ0) is 16.2. The topological polar surface area (TPSA) is 54.5 Å². The number of nitrogens with zero attached hydrogens (tertiary/aromatic N) is 2. The highest BCUT2D eigenvalue weighted by Crippen LogP contribution is 2.19. The number of carbonyl (C=O) groups excluding carboxylic acids is 1. The molecule has 22 heavy (non-hydrogen) atoms. The average molecular weight is 370 g/mol. The standard InChI is InChI=1S/C16H24BrN3O2/c1-16(2,3)22-15(21)20-7-5-13(11-20)10-18-9-12-4-6-19-14(17)8-12/h4,6,8,13,18H,5,7,9-11H2,1-3H3/t13-/m0/s1. The molecule has 1 saturated heterocycles. The Bertz CT molecular complexity index is 516. The summed E-state index contributed by atoms with van der Waals surface area (Å²) in [5.41, 5.74) is 0.770. The third-order valence-corrected chi connectivity index (χ3v) is 3.92. The van der Waals surface area contributed by atoms with E-state index in [1.165, 1.54) is 5.56 Å². The summed E-state index contributed by atoms with van der Waals surface area (Å²) in [6, 6.07) is 4.01. The van der Waals surface area contributed by atoms with Gasteiger partial charge in [0.25, 0.3) is 0 Å². The Morgan fingerprint density at radius 3 is 3.00 bits per heavy atom. The maximum atomic E-state index is 12.0. The molecule has 0 unspecified atom stereocenters. The molecule has 1 N–H and O–H groups in total. The van der Waals surface area contributed by atoms with Crippen LogP contribution in [0.4, 0.5) is 4.79 Å². The van der Waals surface area contributed by atoms with Gasteiger partial charge in [-0.3, -0.25) is 0 Å². The number of aromatic nitrogens is 1. The monoisotopic (exact) mass is 369 g/mol. The maximum Gasteiger partial charge on any atom is 0.410 e. The van der Waals surface area contributed by atoms with Crippen molar-refractivity contribution in [2.24, 2.45) is 5.92 Å². The van der Waals surface area contributed by atoms with Gasteiger partial charge < -0.3 is 15.0 Å². The second-order valence-corrected chi connectivity index (χ2v) is 7.51. The predicted octanol–water partition coefficient (Wildman–Crippen LogP) is 3.19. The van der Waals surface area contributed by atoms with Crippen molar-refractivity contribution in [3.63, 3.8) is 0 Å². The highest BCUT2D eigenvalue weighted by Gasteiger charge is 2.29. The minimum atomic E-state index is -0.428. The van der Waals surface area contributed by atoms with Crippen molar-refractivity contribution in [2.75, 3.05) is 19.6 Å². The fourth-order valence-electron chi connectivity index (χ4n) is 2.46. The van der Waals surface area contributed by atoms with Gasteiger partial charge in [-0.05, 0) is 66.7 Å². The van der Waals surface area contributed by atoms with Gasteiger partial charge in [0, 0.05) is 32.4 Å². The fourth-order valence-corrected chi connectivity index (χ4v) is 2.88. The molecule has 0 radical (unpaired) electrons. The van der Waals surface area contributed by atoms with Crippen molar-refractivity contribution in [1.82, 2.24) is 15.2 Å². The van der Waals surface area contributed by atoms with Gasteiger partial charge >= 0.3 is 6.09 Å². The van der Waals surface area contributed by atoms with Crippen molar-refractivity contribution < 1.29 is 9.53 Å². The zero-order valence-corrected chi connectivity index (χ0v) is 15.0. The van der Waals surface area contributed by atoms with E-state index in [0.717, 1.165) is 37.2 Å². The third kappa shape index (κ3) is 5.57. The summed E-state index contributed by atoms with van der Waals surface area (Å²) in [4.78, 5) is 17.9. The quantitative estimate of drug-likeness (QED) is 0.828. The Morgan fingerprint density at radius 1 is 1.55 bits per heavy atom. The van der Waals surface area contributed by atoms with Crippen LogP contribution >= 0.6 is 15.9 Å². The minimum Gasteiger partial charge on any atom is -0.444 e. The molecule has 0 aliphatic carbocycles. The number of carbonyl (C=O) groups is 1. The molecule has 1 amide bonds. The number of hydrogen-bond acceptors (Lipinski definition) is 4. The number of hydrogen-bond donors (Lipinski definition) is 1. The van der Waals surface area contributed by atoms with Crippen LogP contribution in [-0.2, 0) is 11.3 Å². The summed E-state index contributed by atoms with van der Waals surface area (Å²) in [7, 11) is 0. The molecule has 1 aliphatic rings. The summed E-state index contributed by atoms with van der Waals surface area (Å²) in [6.45, 7) is 8.94. The normalized spacial score (nSPS) is 18.5. The molecule has 1 aliphatic heterocycles. The number of halogens is 1. The second kappa shape index (κ2) is 7.42. The van der Waals surface area contributed by atoms with E-state index in [2.05, 4.69) is 26.2 Å². The molecule has 122 valence electrons. The van der Waals surface area contributed by atoms with Crippen molar-refractivity contribution in [2.45, 2.75) is 39.3 Å². The molecule has 6 heteroatoms. The van der Waals surface area contributed by atoms with Gasteiger partial charge in [-0.2, -0.15) is 0 Å². The molecular weight excluding hydrogens is 346 g/mol. The number of pyridine rings is 1. The molecule has 0 spiro atoms. The van der Waals surface area contributed by atoms with Crippen LogP contribution in [-0.4, -0.2) is 41.2 Å². The Labute approximate surface area is 140 Å². The first-order valence-corrected chi connectivity index (χ1v) is 8.42. The van der Waals surface area contributed by atoms with Crippen LogP contribution in [0.5, 0.6) is 0 Å². The molecule has 5 nitrogen and oxygen atoms in total. The second-order valence-electron chi connectivity index (χ2n) is 6.70. The smallest absolute Gasteiger partial charge is 0.410 e. The van der Waals surface area contributed by atoms with E-state index in [4.69, 9.17) is 4.74 Å². The van der Waals surface area contributed by atoms with E-state index in [1.807, 2.05) is 32.9 Å². The summed E-state index contributed by atoms with van der Waals surface area (Å²) < 4.78 is 6.26. The maximum absolute atomic E-state index is 12.0. The highest BCUT2D eigenvalue weighted by molar-refractivity contribution is 9.10. The van der Waals surface area contributed by atoms with E-state index in [0.29, 0.717) is 5.92 Å². The number of amides is 1. The average Bonchev–Trinajstić information content (AvgIpc) is 2.86. The zero-order valence-electron chi connectivity index (χ0n) is 13.4. The van der Waals surface area contributed by atoms with E-state index < -0.39 is 5.60 Å². The van der Waals surface area contributed by atoms with E-state index in [9.17, 15) is 4.79 Å². The van der Waals surface area contributed by atoms with E-state index >= 15 is 0 Å². The SMILES string of the molecule is CC(C)(C)OC(=O)N1CC[C@@H](CNCc2ccnc(Br)c2)C1. The summed E-state index contributed by atoms with van der Waals surface area (Å²) in [6.07, 6.45) is 2.61. The number of nitrogens with one attached hydrogen (secondary N) is 1. The van der Waals surface area contributed by atoms with Crippen molar-refractivity contribution in [3.05, 3.63) is 28.5 Å². The molecule has 1 fully saturated rings. The predicted molar refractivity (Wildman–Crippen MR) is 89.6 cm³/mol. The first kappa shape index (κ1) is 17.2. The fraction of sp³-hybridized carbons (Fsp3) is 0.625. The van der Waals surface area contributed by atoms with Crippen molar-refractivity contribution in [1.29, 1.82) is 0 Å². The molecule has 0 bridgehead atoms. The van der Waals surface area contributed by atoms with Crippen LogP contribution in [0.3, 0.4) is 0 Å². The Morgan fingerprint density at radius 2 is 2.32 bits per heavy atom. The molecular formula is C16H24BrN3O2. The number of likely N-dealkylation sites (tertiary alicyclic amines) is 1. The van der Waals surface area contributed by atoms with Crippen LogP contribution in [0.2, 0.25) is 0 Å². The van der Waals surface area contributed by atoms with Gasteiger partial charge in [0.1, 0.15) is 10.2 Å². The third-order valence-electron chi connectivity index (χ3n) is 3.49.